The van der Waals surface area contributed by atoms with Crippen LogP contribution in [0.2, 0.25) is 5.02 Å². The number of carbonyl (C=O) groups is 2. The van der Waals surface area contributed by atoms with Crippen molar-refractivity contribution in [3.05, 3.63) is 82.8 Å². The van der Waals surface area contributed by atoms with Crippen LogP contribution < -0.4 is 20.3 Å². The number of ether oxygens (including phenoxy) is 2. The molecule has 0 fully saturated rings. The average molecular weight is 401 g/mol. The van der Waals surface area contributed by atoms with Crippen molar-refractivity contribution in [2.45, 2.75) is 6.61 Å². The molecular weight excluding hydrogens is 384 g/mol. The van der Waals surface area contributed by atoms with Crippen molar-refractivity contribution in [2.24, 2.45) is 0 Å². The molecule has 1 heterocycles. The van der Waals surface area contributed by atoms with E-state index >= 15 is 0 Å². The average Bonchev–Trinajstić information content (AvgIpc) is 3.20. The number of carbonyl (C=O) groups excluding carboxylic acids is 2. The van der Waals surface area contributed by atoms with Gasteiger partial charge in [-0.25, -0.2) is 0 Å². The predicted molar refractivity (Wildman–Crippen MR) is 102 cm³/mol. The van der Waals surface area contributed by atoms with Crippen molar-refractivity contribution in [3.8, 4) is 11.5 Å². The van der Waals surface area contributed by atoms with Crippen molar-refractivity contribution in [1.82, 2.24) is 10.9 Å². The molecule has 144 valence electrons. The highest BCUT2D eigenvalue weighted by atomic mass is 35.5. The molecule has 0 spiro atoms. The van der Waals surface area contributed by atoms with E-state index in [1.807, 2.05) is 12.1 Å². The molecule has 2 N–H and O–H groups in total. The van der Waals surface area contributed by atoms with E-state index in [1.54, 1.807) is 49.6 Å². The zero-order valence-corrected chi connectivity index (χ0v) is 15.7. The SMILES string of the molecule is COc1ccccc1OCc1ccc(C(=O)NNC(=O)c2ccccc2Cl)o1. The summed E-state index contributed by atoms with van der Waals surface area (Å²) in [5.41, 5.74) is 4.81. The van der Waals surface area contributed by atoms with Gasteiger partial charge in [-0.3, -0.25) is 20.4 Å². The summed E-state index contributed by atoms with van der Waals surface area (Å²) < 4.78 is 16.3. The minimum Gasteiger partial charge on any atom is -0.493 e. The van der Waals surface area contributed by atoms with Gasteiger partial charge in [0.05, 0.1) is 17.7 Å². The lowest BCUT2D eigenvalue weighted by Gasteiger charge is -2.09. The highest BCUT2D eigenvalue weighted by molar-refractivity contribution is 6.33. The normalized spacial score (nSPS) is 10.2. The highest BCUT2D eigenvalue weighted by Gasteiger charge is 2.15. The van der Waals surface area contributed by atoms with E-state index in [0.717, 1.165) is 0 Å². The van der Waals surface area contributed by atoms with Gasteiger partial charge in [0, 0.05) is 0 Å². The Morgan fingerprint density at radius 3 is 2.36 bits per heavy atom. The van der Waals surface area contributed by atoms with Crippen LogP contribution in [0.25, 0.3) is 0 Å². The van der Waals surface area contributed by atoms with Gasteiger partial charge in [0.1, 0.15) is 12.4 Å². The van der Waals surface area contributed by atoms with Crippen molar-refractivity contribution < 1.29 is 23.5 Å². The minimum absolute atomic E-state index is 0.0260. The number of nitrogens with one attached hydrogen (secondary N) is 2. The first-order valence-corrected chi connectivity index (χ1v) is 8.66. The Morgan fingerprint density at radius 2 is 1.61 bits per heavy atom. The van der Waals surface area contributed by atoms with Crippen LogP contribution in [0.3, 0.4) is 0 Å². The summed E-state index contributed by atoms with van der Waals surface area (Å²) in [6.45, 7) is 0.111. The fraction of sp³-hybridized carbons (Fsp3) is 0.100. The van der Waals surface area contributed by atoms with E-state index in [-0.39, 0.29) is 23.0 Å². The maximum absolute atomic E-state index is 12.1. The van der Waals surface area contributed by atoms with E-state index in [1.165, 1.54) is 6.07 Å². The second kappa shape index (κ2) is 8.96. The molecule has 2 aromatic carbocycles. The monoisotopic (exact) mass is 400 g/mol. The molecule has 0 aliphatic carbocycles. The number of furan rings is 1. The molecule has 0 atom stereocenters. The largest absolute Gasteiger partial charge is 0.493 e. The van der Waals surface area contributed by atoms with Crippen LogP contribution in [0.1, 0.15) is 26.7 Å². The number of halogens is 1. The molecule has 3 aromatic rings. The molecule has 0 aliphatic heterocycles. The van der Waals surface area contributed by atoms with Gasteiger partial charge in [-0.2, -0.15) is 0 Å². The van der Waals surface area contributed by atoms with Crippen LogP contribution in [-0.4, -0.2) is 18.9 Å². The molecule has 0 saturated heterocycles. The number of para-hydroxylation sites is 2. The van der Waals surface area contributed by atoms with E-state index in [0.29, 0.717) is 17.3 Å². The lowest BCUT2D eigenvalue weighted by Crippen LogP contribution is -2.41. The highest BCUT2D eigenvalue weighted by Crippen LogP contribution is 2.26. The Bertz CT molecular complexity index is 986. The van der Waals surface area contributed by atoms with E-state index in [2.05, 4.69) is 10.9 Å². The Hall–Kier alpha value is -3.45. The first-order chi connectivity index (χ1) is 13.6. The lowest BCUT2D eigenvalue weighted by atomic mass is 10.2. The molecule has 0 unspecified atom stereocenters. The summed E-state index contributed by atoms with van der Waals surface area (Å²) in [6.07, 6.45) is 0. The van der Waals surface area contributed by atoms with Gasteiger partial charge in [0.2, 0.25) is 0 Å². The first kappa shape index (κ1) is 19.3. The van der Waals surface area contributed by atoms with Gasteiger partial charge in [-0.05, 0) is 36.4 Å². The number of methoxy groups -OCH3 is 1. The summed E-state index contributed by atoms with van der Waals surface area (Å²) in [5.74, 6) is 0.467. The Balaban J connectivity index is 1.55. The third-order valence-corrected chi connectivity index (χ3v) is 4.06. The van der Waals surface area contributed by atoms with Crippen LogP contribution in [0, 0.1) is 0 Å². The topological polar surface area (TPSA) is 89.8 Å². The summed E-state index contributed by atoms with van der Waals surface area (Å²) in [6, 6.07) is 16.8. The summed E-state index contributed by atoms with van der Waals surface area (Å²) in [7, 11) is 1.55. The van der Waals surface area contributed by atoms with Gasteiger partial charge in [-0.15, -0.1) is 0 Å². The van der Waals surface area contributed by atoms with Crippen LogP contribution >= 0.6 is 11.6 Å². The van der Waals surface area contributed by atoms with Gasteiger partial charge < -0.3 is 13.9 Å². The molecule has 28 heavy (non-hydrogen) atoms. The third kappa shape index (κ3) is 4.63. The van der Waals surface area contributed by atoms with Crippen LogP contribution in [0.4, 0.5) is 0 Å². The molecule has 0 saturated carbocycles. The fourth-order valence-corrected chi connectivity index (χ4v) is 2.57. The molecule has 1 aromatic heterocycles. The number of benzene rings is 2. The van der Waals surface area contributed by atoms with Crippen molar-refractivity contribution >= 4 is 23.4 Å². The standard InChI is InChI=1S/C20H17ClN2O5/c1-26-16-8-4-5-9-17(16)27-12-13-10-11-18(28-13)20(25)23-22-19(24)14-6-2-3-7-15(14)21/h2-11H,12H2,1H3,(H,22,24)(H,23,25). The van der Waals surface area contributed by atoms with Crippen LogP contribution in [-0.2, 0) is 6.61 Å². The van der Waals surface area contributed by atoms with E-state index in [4.69, 9.17) is 25.5 Å². The zero-order valence-electron chi connectivity index (χ0n) is 14.9. The van der Waals surface area contributed by atoms with Gasteiger partial charge in [0.15, 0.2) is 17.3 Å². The Labute approximate surface area is 166 Å². The molecule has 2 amide bonds. The maximum atomic E-state index is 12.1. The Kier molecular flexibility index (Phi) is 6.18. The molecule has 7 nitrogen and oxygen atoms in total. The molecular formula is C20H17ClN2O5. The van der Waals surface area contributed by atoms with Gasteiger partial charge in [-0.1, -0.05) is 35.9 Å². The van der Waals surface area contributed by atoms with Crippen molar-refractivity contribution in [2.75, 3.05) is 7.11 Å². The van der Waals surface area contributed by atoms with Gasteiger partial charge >= 0.3 is 5.91 Å². The number of rotatable bonds is 6. The smallest absolute Gasteiger partial charge is 0.305 e. The zero-order chi connectivity index (χ0) is 19.9. The van der Waals surface area contributed by atoms with E-state index < -0.39 is 11.8 Å². The van der Waals surface area contributed by atoms with Crippen LogP contribution in [0.5, 0.6) is 11.5 Å². The quantitative estimate of drug-likeness (QED) is 0.617. The second-order valence-electron chi connectivity index (χ2n) is 5.59. The molecule has 3 rings (SSSR count). The molecule has 8 heteroatoms. The summed E-state index contributed by atoms with van der Waals surface area (Å²) in [4.78, 5) is 24.2. The molecule has 0 bridgehead atoms. The first-order valence-electron chi connectivity index (χ1n) is 8.28. The molecule has 0 aliphatic rings. The minimum atomic E-state index is -0.607. The second-order valence-corrected chi connectivity index (χ2v) is 6.00. The van der Waals surface area contributed by atoms with E-state index in [9.17, 15) is 9.59 Å². The summed E-state index contributed by atoms with van der Waals surface area (Å²) in [5, 5.41) is 0.281. The number of hydrogen-bond acceptors (Lipinski definition) is 5. The number of hydrogen-bond donors (Lipinski definition) is 2. The van der Waals surface area contributed by atoms with Gasteiger partial charge in [0.25, 0.3) is 5.91 Å². The molecule has 0 radical (unpaired) electrons. The summed E-state index contributed by atoms with van der Waals surface area (Å²) >= 11 is 5.95. The third-order valence-electron chi connectivity index (χ3n) is 3.73. The number of hydrazine groups is 1. The predicted octanol–water partition coefficient (Wildman–Crippen LogP) is 3.60. The van der Waals surface area contributed by atoms with Crippen LogP contribution in [0.15, 0.2) is 65.1 Å². The lowest BCUT2D eigenvalue weighted by molar-refractivity contribution is 0.0828. The maximum Gasteiger partial charge on any atom is 0.305 e. The van der Waals surface area contributed by atoms with Crippen molar-refractivity contribution in [3.63, 3.8) is 0 Å². The fourth-order valence-electron chi connectivity index (χ4n) is 2.35. The Morgan fingerprint density at radius 1 is 0.929 bits per heavy atom. The number of amides is 2. The van der Waals surface area contributed by atoms with Crippen molar-refractivity contribution in [1.29, 1.82) is 0 Å².